The fourth-order valence-corrected chi connectivity index (χ4v) is 3.64. The molecule has 18 N–H and O–H groups in total. The number of aliphatic hydroxyl groups is 18. The monoisotopic (exact) mass is 1780 g/mol. The van der Waals surface area contributed by atoms with E-state index >= 15 is 0 Å². The molecule has 0 amide bonds. The summed E-state index contributed by atoms with van der Waals surface area (Å²) in [7, 11) is -43.1. The van der Waals surface area contributed by atoms with Gasteiger partial charge in [0.15, 0.2) is 0 Å². The van der Waals surface area contributed by atoms with E-state index in [1.165, 1.54) is 0 Å². The van der Waals surface area contributed by atoms with Crippen LogP contribution in [0.4, 0.5) is 0 Å². The summed E-state index contributed by atoms with van der Waals surface area (Å²) in [6, 6.07) is 0. The van der Waals surface area contributed by atoms with Crippen LogP contribution in [0.3, 0.4) is 0 Å². The predicted molar refractivity (Wildman–Crippen MR) is 238 cm³/mol. The summed E-state index contributed by atoms with van der Waals surface area (Å²) >= 11 is 0. The van der Waals surface area contributed by atoms with Crippen molar-refractivity contribution in [1.29, 1.82) is 0 Å². The molecule has 3 aliphatic rings. The van der Waals surface area contributed by atoms with Crippen molar-refractivity contribution < 1.29 is 246 Å². The van der Waals surface area contributed by atoms with E-state index in [0.717, 1.165) is 0 Å². The first-order chi connectivity index (χ1) is 32.4. The number of hydrogen-bond donors (Lipinski definition) is 18. The van der Waals surface area contributed by atoms with Crippen molar-refractivity contribution in [3.8, 4) is 0 Å². The second kappa shape index (κ2) is 76.3. The molecule has 0 atom stereocenters. The molecule has 0 aromatic rings. The zero-order valence-corrected chi connectivity index (χ0v) is 77.2. The largest absolute Gasteiger partial charge is 2.00 e. The summed E-state index contributed by atoms with van der Waals surface area (Å²) in [5.41, 5.74) is 0. The van der Waals surface area contributed by atoms with Gasteiger partial charge in [0.1, 0.15) is 110 Å². The van der Waals surface area contributed by atoms with Gasteiger partial charge in [-0.3, -0.25) is 0 Å². The third-order valence-corrected chi connectivity index (χ3v) is 6.30. The minimum absolute atomic E-state index is 0. The predicted octanol–water partition coefficient (Wildman–Crippen LogP) is -38.7. The smallest absolute Gasteiger partial charge is 0.822 e. The van der Waals surface area contributed by atoms with E-state index in [1.807, 2.05) is 0 Å². The van der Waals surface area contributed by atoms with Crippen LogP contribution in [0.1, 0.15) is 0 Å². The van der Waals surface area contributed by atoms with E-state index in [4.69, 9.17) is 246 Å². The average Bonchev–Trinajstić information content (AvgIpc) is 3.12. The molecule has 3 aliphatic carbocycles. The summed E-state index contributed by atoms with van der Waals surface area (Å²) in [5.74, 6) is 0. The maximum absolute atomic E-state index is 8.97. The van der Waals surface area contributed by atoms with Gasteiger partial charge in [-0.2, -0.15) is 62.6 Å². The van der Waals surface area contributed by atoms with Gasteiger partial charge < -0.3 is 246 Å². The maximum Gasteiger partial charge on any atom is 2.00 e. The molecule has 0 saturated heterocycles. The summed E-state index contributed by atoms with van der Waals surface area (Å²) < 4.78 is 68.4. The molecule has 472 valence electrons. The van der Waals surface area contributed by atoms with Crippen LogP contribution in [0.2, 0.25) is 0 Å². The summed E-state index contributed by atoms with van der Waals surface area (Å²) in [4.78, 5) is 205. The number of hydrogen-bond acceptors (Lipinski definition) is 50. The van der Waals surface area contributed by atoms with E-state index in [1.54, 1.807) is 0 Å². The molecule has 0 aromatic heterocycles. The number of aliphatic hydroxyl groups excluding tert-OH is 18. The quantitative estimate of drug-likeness (QED) is 0.0791. The first-order valence-electron chi connectivity index (χ1n) is 16.5. The Balaban J connectivity index is -0.0000000325. The Morgan fingerprint density at radius 3 is 0.148 bits per heavy atom. The molecular formula is C18H36Ca12O50P8. The van der Waals surface area contributed by atoms with E-state index in [2.05, 4.69) is 0 Å². The van der Waals surface area contributed by atoms with Gasteiger partial charge in [-0.05, 0) is 0 Å². The molecule has 3 saturated carbocycles. The van der Waals surface area contributed by atoms with Crippen LogP contribution in [0.15, 0.2) is 0 Å². The van der Waals surface area contributed by atoms with Crippen LogP contribution in [0.25, 0.3) is 0 Å². The molecule has 0 heterocycles. The van der Waals surface area contributed by atoms with Crippen LogP contribution >= 0.6 is 62.6 Å². The SMILES string of the molecule is O=P([O-])([O-])[O-].O=P([O-])([O-])[O-].O=P([O-])([O-])[O-].O=P([O-])([O-])[O-].O=P([O-])([O-])[O-].O=P([O-])([O-])[O-].O=P([O-])([O-])[O-].O=P([O-])([O-])[O-].OC1C(O)C(O)C(O)C(O)C1O.OC1C(O)C(O)C(O)C(O)C1O.OC1C(O)C(O)C(O)C(O)C1O.[Ca+2].[Ca+2].[Ca+2].[Ca+2].[Ca+2].[Ca+2].[Ca+2].[Ca+2].[Ca+2].[Ca+2].[Ca+2].[Ca+2]. The molecule has 0 unspecified atom stereocenters. The van der Waals surface area contributed by atoms with Crippen molar-refractivity contribution in [2.24, 2.45) is 0 Å². The third kappa shape index (κ3) is 134. The Labute approximate surface area is 851 Å². The van der Waals surface area contributed by atoms with Crippen LogP contribution < -0.4 is 117 Å². The topological polar surface area (TPSA) is 1050 Å². The fraction of sp³-hybridized carbons (Fsp3) is 1.00. The van der Waals surface area contributed by atoms with Gasteiger partial charge in [-0.1, -0.05) is 0 Å². The normalized spacial score (nSPS) is 28.1. The minimum Gasteiger partial charge on any atom is -0.822 e. The molecule has 88 heavy (non-hydrogen) atoms. The van der Waals surface area contributed by atoms with Crippen molar-refractivity contribution in [3.05, 3.63) is 0 Å². The third-order valence-electron chi connectivity index (χ3n) is 6.30. The first-order valence-corrected chi connectivity index (χ1v) is 28.2. The Morgan fingerprint density at radius 2 is 0.136 bits per heavy atom. The minimum atomic E-state index is -5.39. The van der Waals surface area contributed by atoms with Gasteiger partial charge in [0, 0.05) is 0 Å². The maximum atomic E-state index is 8.97. The van der Waals surface area contributed by atoms with Crippen molar-refractivity contribution in [1.82, 2.24) is 0 Å². The molecule has 0 spiro atoms. The zero-order chi connectivity index (χ0) is 64.4. The molecule has 0 radical (unpaired) electrons. The summed E-state index contributed by atoms with van der Waals surface area (Å²) in [5, 5.41) is 162. The van der Waals surface area contributed by atoms with E-state index in [-0.39, 0.29) is 453 Å². The van der Waals surface area contributed by atoms with Crippen molar-refractivity contribution >= 4 is 515 Å². The van der Waals surface area contributed by atoms with E-state index in [0.29, 0.717) is 0 Å². The Kier molecular flexibility index (Phi) is 135. The standard InChI is InChI=1S/3C6H12O6.12Ca.8H3O4P/c3*7-1-2(8)4(10)6(12)5(11)3(1)9;;;;;;;;;;;;;8*1-5(2,3)4/h3*1-12H;;;;;;;;;;;;;8*(H3,1,2,3,4)/q;;;12*+2;;;;;;;;/p-24. The molecule has 70 heteroatoms. The fourth-order valence-electron chi connectivity index (χ4n) is 3.64. The van der Waals surface area contributed by atoms with Gasteiger partial charge in [0.25, 0.3) is 0 Å². The van der Waals surface area contributed by atoms with Crippen molar-refractivity contribution in [2.45, 2.75) is 110 Å². The van der Waals surface area contributed by atoms with Crippen molar-refractivity contribution in [2.75, 3.05) is 0 Å². The van der Waals surface area contributed by atoms with Crippen LogP contribution in [-0.2, 0) is 36.5 Å². The zero-order valence-electron chi connectivity index (χ0n) is 43.6. The Hall–Kier alpha value is 15.3. The van der Waals surface area contributed by atoms with Gasteiger partial charge in [-0.25, -0.2) is 0 Å². The average molecular weight is 1780 g/mol. The van der Waals surface area contributed by atoms with Gasteiger partial charge >= 0.3 is 453 Å². The summed E-state index contributed by atoms with van der Waals surface area (Å²) in [6.45, 7) is 0. The number of rotatable bonds is 0. The summed E-state index contributed by atoms with van der Waals surface area (Å²) in [6.07, 6.45) is -29.5. The molecule has 0 aromatic carbocycles. The first kappa shape index (κ1) is 156. The van der Waals surface area contributed by atoms with Gasteiger partial charge in [0.2, 0.25) is 0 Å². The molecule has 3 rings (SSSR count). The van der Waals surface area contributed by atoms with Gasteiger partial charge in [0.05, 0.1) is 0 Å². The van der Waals surface area contributed by atoms with Crippen LogP contribution in [0.5, 0.6) is 0 Å². The number of phosphoric acid groups is 8. The Bertz CT molecular complexity index is 1370. The van der Waals surface area contributed by atoms with E-state index < -0.39 is 172 Å². The molecule has 0 aliphatic heterocycles. The molecule has 0 bridgehead atoms. The molecule has 50 nitrogen and oxygen atoms in total. The van der Waals surface area contributed by atoms with Gasteiger partial charge in [-0.15, -0.1) is 0 Å². The van der Waals surface area contributed by atoms with Crippen LogP contribution in [-0.4, -0.2) is 655 Å². The second-order valence-electron chi connectivity index (χ2n) is 12.4. The second-order valence-corrected chi connectivity index (χ2v) is 19.6. The van der Waals surface area contributed by atoms with Crippen LogP contribution in [0, 0.1) is 0 Å². The van der Waals surface area contributed by atoms with E-state index in [9.17, 15) is 0 Å². The molecule has 3 fully saturated rings. The van der Waals surface area contributed by atoms with Crippen molar-refractivity contribution in [3.63, 3.8) is 0 Å². The molecular weight excluding hydrogens is 1740 g/mol. The Morgan fingerprint density at radius 1 is 0.125 bits per heavy atom.